The van der Waals surface area contributed by atoms with Crippen molar-refractivity contribution < 1.29 is 9.53 Å². The van der Waals surface area contributed by atoms with Crippen LogP contribution in [0.5, 0.6) is 0 Å². The topological polar surface area (TPSA) is 50.4 Å². The Balaban J connectivity index is 2.00. The number of nitrogens with one attached hydrogen (secondary N) is 2. The van der Waals surface area contributed by atoms with E-state index in [2.05, 4.69) is 10.6 Å². The summed E-state index contributed by atoms with van der Waals surface area (Å²) in [6, 6.07) is 7.88. The Kier molecular flexibility index (Phi) is 7.54. The average Bonchev–Trinajstić information content (AvgIpc) is 2.37. The van der Waals surface area contributed by atoms with E-state index in [1.165, 1.54) is 5.56 Å². The Morgan fingerprint density at radius 3 is 2.43 bits per heavy atom. The molecule has 0 saturated heterocycles. The first-order chi connectivity index (χ1) is 9.87. The average molecular weight is 313 g/mol. The predicted molar refractivity (Wildman–Crippen MR) is 86.9 cm³/mol. The van der Waals surface area contributed by atoms with Crippen LogP contribution in [0.1, 0.15) is 32.8 Å². The van der Waals surface area contributed by atoms with Crippen LogP contribution in [0.3, 0.4) is 0 Å². The van der Waals surface area contributed by atoms with Crippen LogP contribution in [0.25, 0.3) is 0 Å². The Bertz CT molecular complexity index is 427. The highest BCUT2D eigenvalue weighted by molar-refractivity contribution is 6.30. The van der Waals surface area contributed by atoms with Gasteiger partial charge in [0.05, 0.1) is 0 Å². The van der Waals surface area contributed by atoms with Crippen molar-refractivity contribution in [2.45, 2.75) is 39.2 Å². The normalized spacial score (nSPS) is 11.2. The van der Waals surface area contributed by atoms with Crippen LogP contribution < -0.4 is 10.6 Å². The molecule has 0 radical (unpaired) electrons. The van der Waals surface area contributed by atoms with Gasteiger partial charge in [-0.1, -0.05) is 23.7 Å². The quantitative estimate of drug-likeness (QED) is 0.759. The van der Waals surface area contributed by atoms with Gasteiger partial charge in [-0.2, -0.15) is 0 Å². The monoisotopic (exact) mass is 312 g/mol. The van der Waals surface area contributed by atoms with Gasteiger partial charge in [-0.05, 0) is 64.4 Å². The molecule has 1 aromatic carbocycles. The molecule has 4 nitrogen and oxygen atoms in total. The number of ether oxygens (including phenoxy) is 1. The number of hydrogen-bond donors (Lipinski definition) is 2. The minimum Gasteiger partial charge on any atom is -0.444 e. The van der Waals surface area contributed by atoms with E-state index in [9.17, 15) is 4.79 Å². The van der Waals surface area contributed by atoms with Crippen LogP contribution in [-0.2, 0) is 11.2 Å². The lowest BCUT2D eigenvalue weighted by Gasteiger charge is -2.19. The molecular formula is C16H25ClN2O2. The highest BCUT2D eigenvalue weighted by Gasteiger charge is 2.15. The van der Waals surface area contributed by atoms with Gasteiger partial charge in [-0.15, -0.1) is 0 Å². The van der Waals surface area contributed by atoms with Gasteiger partial charge < -0.3 is 15.4 Å². The molecule has 0 aromatic heterocycles. The van der Waals surface area contributed by atoms with E-state index in [0.717, 1.165) is 31.0 Å². The second kappa shape index (κ2) is 8.90. The number of hydrogen-bond acceptors (Lipinski definition) is 3. The van der Waals surface area contributed by atoms with E-state index < -0.39 is 5.60 Å². The van der Waals surface area contributed by atoms with Crippen LogP contribution >= 0.6 is 11.6 Å². The number of alkyl carbamates (subject to hydrolysis) is 1. The Hall–Kier alpha value is -1.26. The Labute approximate surface area is 132 Å². The summed E-state index contributed by atoms with van der Waals surface area (Å²) in [7, 11) is 0. The molecule has 21 heavy (non-hydrogen) atoms. The summed E-state index contributed by atoms with van der Waals surface area (Å²) in [5.74, 6) is 0. The molecule has 0 fully saturated rings. The molecule has 0 aliphatic carbocycles. The maximum absolute atomic E-state index is 11.4. The number of benzene rings is 1. The standard InChI is InChI=1S/C16H25ClN2O2/c1-16(2,3)21-15(20)19-11-4-10-18-12-9-13-5-7-14(17)8-6-13/h5-8,18H,4,9-12H2,1-3H3,(H,19,20). The third-order valence-corrected chi connectivity index (χ3v) is 2.95. The minimum atomic E-state index is -0.444. The zero-order chi connectivity index (χ0) is 15.7. The van der Waals surface area contributed by atoms with E-state index >= 15 is 0 Å². The molecule has 0 saturated carbocycles. The van der Waals surface area contributed by atoms with Gasteiger partial charge in [0.25, 0.3) is 0 Å². The molecule has 0 spiro atoms. The van der Waals surface area contributed by atoms with Gasteiger partial charge >= 0.3 is 6.09 Å². The van der Waals surface area contributed by atoms with Gasteiger partial charge in [0.2, 0.25) is 0 Å². The maximum Gasteiger partial charge on any atom is 0.407 e. The first-order valence-electron chi connectivity index (χ1n) is 7.29. The highest BCUT2D eigenvalue weighted by atomic mass is 35.5. The first kappa shape index (κ1) is 17.8. The molecule has 0 aliphatic rings. The molecule has 118 valence electrons. The molecule has 0 atom stereocenters. The van der Waals surface area contributed by atoms with Gasteiger partial charge in [0, 0.05) is 11.6 Å². The molecule has 1 amide bonds. The molecule has 2 N–H and O–H groups in total. The largest absolute Gasteiger partial charge is 0.444 e. The summed E-state index contributed by atoms with van der Waals surface area (Å²) in [6.45, 7) is 7.95. The molecule has 0 aliphatic heterocycles. The summed E-state index contributed by atoms with van der Waals surface area (Å²) in [5, 5.41) is 6.85. The lowest BCUT2D eigenvalue weighted by molar-refractivity contribution is 0.0527. The highest BCUT2D eigenvalue weighted by Crippen LogP contribution is 2.09. The number of carbonyl (C=O) groups excluding carboxylic acids is 1. The van der Waals surface area contributed by atoms with Crippen molar-refractivity contribution >= 4 is 17.7 Å². The van der Waals surface area contributed by atoms with Crippen LogP contribution in [0.4, 0.5) is 4.79 Å². The fraction of sp³-hybridized carbons (Fsp3) is 0.562. The molecule has 1 aromatic rings. The van der Waals surface area contributed by atoms with E-state index in [0.29, 0.717) is 6.54 Å². The summed E-state index contributed by atoms with van der Waals surface area (Å²) < 4.78 is 5.15. The van der Waals surface area contributed by atoms with Crippen molar-refractivity contribution in [2.75, 3.05) is 19.6 Å². The summed E-state index contributed by atoms with van der Waals surface area (Å²) >= 11 is 5.84. The second-order valence-corrected chi connectivity index (χ2v) is 6.35. The minimum absolute atomic E-state index is 0.358. The van der Waals surface area contributed by atoms with Gasteiger partial charge in [-0.3, -0.25) is 0 Å². The van der Waals surface area contributed by atoms with Crippen molar-refractivity contribution in [3.63, 3.8) is 0 Å². The van der Waals surface area contributed by atoms with Crippen LogP contribution in [0.2, 0.25) is 5.02 Å². The number of amides is 1. The van der Waals surface area contributed by atoms with Crippen LogP contribution in [0, 0.1) is 0 Å². The van der Waals surface area contributed by atoms with Gasteiger partial charge in [-0.25, -0.2) is 4.79 Å². The lowest BCUT2D eigenvalue weighted by Crippen LogP contribution is -2.34. The Morgan fingerprint density at radius 1 is 1.14 bits per heavy atom. The number of carbonyl (C=O) groups is 1. The van der Waals surface area contributed by atoms with Crippen molar-refractivity contribution in [1.29, 1.82) is 0 Å². The summed E-state index contributed by atoms with van der Waals surface area (Å²) in [6.07, 6.45) is 1.49. The lowest BCUT2D eigenvalue weighted by atomic mass is 10.1. The van der Waals surface area contributed by atoms with Crippen LogP contribution in [-0.4, -0.2) is 31.3 Å². The van der Waals surface area contributed by atoms with E-state index in [4.69, 9.17) is 16.3 Å². The van der Waals surface area contributed by atoms with E-state index in [-0.39, 0.29) is 6.09 Å². The van der Waals surface area contributed by atoms with Crippen LogP contribution in [0.15, 0.2) is 24.3 Å². The zero-order valence-electron chi connectivity index (χ0n) is 13.0. The van der Waals surface area contributed by atoms with E-state index in [1.807, 2.05) is 45.0 Å². The molecule has 0 unspecified atom stereocenters. The SMILES string of the molecule is CC(C)(C)OC(=O)NCCCNCCc1ccc(Cl)cc1. The summed E-state index contributed by atoms with van der Waals surface area (Å²) in [5.41, 5.74) is 0.819. The zero-order valence-corrected chi connectivity index (χ0v) is 13.8. The fourth-order valence-corrected chi connectivity index (χ4v) is 1.85. The molecular weight excluding hydrogens is 288 g/mol. The number of rotatable bonds is 7. The molecule has 0 bridgehead atoms. The smallest absolute Gasteiger partial charge is 0.407 e. The predicted octanol–water partition coefficient (Wildman–Crippen LogP) is 3.39. The van der Waals surface area contributed by atoms with E-state index in [1.54, 1.807) is 0 Å². The van der Waals surface area contributed by atoms with Gasteiger partial charge in [0.1, 0.15) is 5.60 Å². The molecule has 1 rings (SSSR count). The Morgan fingerprint density at radius 2 is 1.81 bits per heavy atom. The summed E-state index contributed by atoms with van der Waals surface area (Å²) in [4.78, 5) is 11.4. The fourth-order valence-electron chi connectivity index (χ4n) is 1.73. The number of halogens is 1. The second-order valence-electron chi connectivity index (χ2n) is 5.91. The van der Waals surface area contributed by atoms with Crippen molar-refractivity contribution in [1.82, 2.24) is 10.6 Å². The first-order valence-corrected chi connectivity index (χ1v) is 7.66. The third-order valence-electron chi connectivity index (χ3n) is 2.70. The van der Waals surface area contributed by atoms with Crippen molar-refractivity contribution in [3.05, 3.63) is 34.9 Å². The van der Waals surface area contributed by atoms with Gasteiger partial charge in [0.15, 0.2) is 0 Å². The molecule has 5 heteroatoms. The molecule has 0 heterocycles. The third kappa shape index (κ3) is 9.32. The van der Waals surface area contributed by atoms with Crippen molar-refractivity contribution in [3.8, 4) is 0 Å². The van der Waals surface area contributed by atoms with Crippen molar-refractivity contribution in [2.24, 2.45) is 0 Å². The maximum atomic E-state index is 11.4.